The van der Waals surface area contributed by atoms with Gasteiger partial charge in [0.1, 0.15) is 0 Å². The van der Waals surface area contributed by atoms with Crippen LogP contribution in [0.15, 0.2) is 16.9 Å². The maximum Gasteiger partial charge on any atom is 0.335 e. The number of rotatable bonds is 2. The highest BCUT2D eigenvalue weighted by Crippen LogP contribution is 2.34. The number of hydrogen-bond acceptors (Lipinski definition) is 2. The maximum absolute atomic E-state index is 11.5. The number of aromatic carboxylic acids is 1. The molecular formula is C10H11NO3. The van der Waals surface area contributed by atoms with Gasteiger partial charge in [-0.1, -0.05) is 0 Å². The van der Waals surface area contributed by atoms with Gasteiger partial charge < -0.3 is 9.67 Å². The molecule has 1 aromatic heterocycles. The molecule has 1 N–H and O–H groups in total. The first-order valence-corrected chi connectivity index (χ1v) is 4.56. The first-order chi connectivity index (χ1) is 6.59. The Labute approximate surface area is 80.8 Å². The lowest BCUT2D eigenvalue weighted by Crippen LogP contribution is -2.22. The summed E-state index contributed by atoms with van der Waals surface area (Å²) in [5.74, 6) is -1.05. The van der Waals surface area contributed by atoms with Gasteiger partial charge in [0.15, 0.2) is 0 Å². The quantitative estimate of drug-likeness (QED) is 0.767. The van der Waals surface area contributed by atoms with Crippen LogP contribution >= 0.6 is 0 Å². The number of aryl methyl sites for hydroxylation is 1. The van der Waals surface area contributed by atoms with E-state index < -0.39 is 5.97 Å². The van der Waals surface area contributed by atoms with Crippen molar-refractivity contribution in [3.63, 3.8) is 0 Å². The van der Waals surface area contributed by atoms with E-state index in [0.717, 1.165) is 18.5 Å². The van der Waals surface area contributed by atoms with Crippen LogP contribution in [0.2, 0.25) is 0 Å². The molecule has 1 saturated carbocycles. The zero-order valence-electron chi connectivity index (χ0n) is 7.86. The van der Waals surface area contributed by atoms with Crippen LogP contribution in [0.3, 0.4) is 0 Å². The normalized spacial score (nSPS) is 15.5. The smallest absolute Gasteiger partial charge is 0.335 e. The molecule has 2 rings (SSSR count). The number of aromatic nitrogens is 1. The van der Waals surface area contributed by atoms with Gasteiger partial charge in [-0.3, -0.25) is 4.79 Å². The van der Waals surface area contributed by atoms with Crippen molar-refractivity contribution in [1.82, 2.24) is 4.57 Å². The van der Waals surface area contributed by atoms with Gasteiger partial charge in [-0.25, -0.2) is 4.79 Å². The Bertz CT molecular complexity index is 443. The second kappa shape index (κ2) is 2.97. The van der Waals surface area contributed by atoms with Crippen LogP contribution in [0.1, 0.15) is 34.9 Å². The number of nitrogens with zero attached hydrogens (tertiary/aromatic N) is 1. The van der Waals surface area contributed by atoms with Gasteiger partial charge in [0.2, 0.25) is 0 Å². The Balaban J connectivity index is 2.55. The first kappa shape index (κ1) is 8.99. The van der Waals surface area contributed by atoms with Crippen molar-refractivity contribution >= 4 is 5.97 Å². The molecule has 14 heavy (non-hydrogen) atoms. The molecule has 74 valence electrons. The van der Waals surface area contributed by atoms with E-state index in [-0.39, 0.29) is 11.1 Å². The predicted molar refractivity (Wildman–Crippen MR) is 50.7 cm³/mol. The van der Waals surface area contributed by atoms with E-state index in [2.05, 4.69) is 0 Å². The number of hydrogen-bond donors (Lipinski definition) is 1. The monoisotopic (exact) mass is 193 g/mol. The molecule has 0 bridgehead atoms. The van der Waals surface area contributed by atoms with E-state index in [0.29, 0.717) is 6.04 Å². The van der Waals surface area contributed by atoms with E-state index in [1.807, 2.05) is 0 Å². The summed E-state index contributed by atoms with van der Waals surface area (Å²) in [6, 6.07) is 3.03. The van der Waals surface area contributed by atoms with Crippen LogP contribution in [-0.2, 0) is 0 Å². The lowest BCUT2D eigenvalue weighted by molar-refractivity contribution is 0.0696. The molecule has 1 aromatic rings. The summed E-state index contributed by atoms with van der Waals surface area (Å²) in [6.45, 7) is 1.77. The van der Waals surface area contributed by atoms with E-state index in [4.69, 9.17) is 5.11 Å². The average Bonchev–Trinajstić information content (AvgIpc) is 2.86. The molecule has 1 fully saturated rings. The molecule has 0 saturated heterocycles. The summed E-state index contributed by atoms with van der Waals surface area (Å²) in [6.07, 6.45) is 2.04. The van der Waals surface area contributed by atoms with Crippen LogP contribution in [-0.4, -0.2) is 15.6 Å². The third-order valence-electron chi connectivity index (χ3n) is 2.42. The lowest BCUT2D eigenvalue weighted by atomic mass is 10.2. The summed E-state index contributed by atoms with van der Waals surface area (Å²) < 4.78 is 1.67. The molecule has 1 aliphatic rings. The molecule has 0 radical (unpaired) electrons. The SMILES string of the molecule is Cc1cc(C(=O)O)cc(=O)n1C1CC1. The molecule has 4 nitrogen and oxygen atoms in total. The minimum atomic E-state index is -1.05. The second-order valence-corrected chi connectivity index (χ2v) is 3.63. The van der Waals surface area contributed by atoms with Gasteiger partial charge in [-0.15, -0.1) is 0 Å². The second-order valence-electron chi connectivity index (χ2n) is 3.63. The fourth-order valence-corrected chi connectivity index (χ4v) is 1.64. The highest BCUT2D eigenvalue weighted by Gasteiger charge is 2.26. The van der Waals surface area contributed by atoms with Crippen molar-refractivity contribution in [1.29, 1.82) is 0 Å². The van der Waals surface area contributed by atoms with E-state index >= 15 is 0 Å². The average molecular weight is 193 g/mol. The van der Waals surface area contributed by atoms with E-state index in [1.165, 1.54) is 6.07 Å². The molecule has 0 spiro atoms. The largest absolute Gasteiger partial charge is 0.478 e. The van der Waals surface area contributed by atoms with E-state index in [9.17, 15) is 9.59 Å². The van der Waals surface area contributed by atoms with E-state index in [1.54, 1.807) is 17.6 Å². The minimum absolute atomic E-state index is 0.0735. The summed E-state index contributed by atoms with van der Waals surface area (Å²) in [4.78, 5) is 22.2. The molecule has 0 atom stereocenters. The zero-order valence-corrected chi connectivity index (χ0v) is 7.86. The topological polar surface area (TPSA) is 59.3 Å². The Hall–Kier alpha value is -1.58. The van der Waals surface area contributed by atoms with Crippen LogP contribution in [0.25, 0.3) is 0 Å². The number of carbonyl (C=O) groups is 1. The minimum Gasteiger partial charge on any atom is -0.478 e. The maximum atomic E-state index is 11.5. The number of pyridine rings is 1. The van der Waals surface area contributed by atoms with Crippen molar-refractivity contribution in [2.24, 2.45) is 0 Å². The van der Waals surface area contributed by atoms with Gasteiger partial charge in [0, 0.05) is 17.8 Å². The molecule has 0 amide bonds. The Morgan fingerprint density at radius 3 is 2.57 bits per heavy atom. The van der Waals surface area contributed by atoms with Crippen molar-refractivity contribution in [3.8, 4) is 0 Å². The summed E-state index contributed by atoms with van der Waals surface area (Å²) in [5, 5.41) is 8.73. The van der Waals surface area contributed by atoms with Crippen LogP contribution in [0, 0.1) is 6.92 Å². The van der Waals surface area contributed by atoms with Gasteiger partial charge in [0.05, 0.1) is 5.56 Å². The van der Waals surface area contributed by atoms with Gasteiger partial charge in [-0.05, 0) is 25.8 Å². The number of carboxylic acid groups (broad SMARTS) is 1. The molecule has 1 aliphatic carbocycles. The zero-order chi connectivity index (χ0) is 10.3. The first-order valence-electron chi connectivity index (χ1n) is 4.56. The van der Waals surface area contributed by atoms with Crippen molar-refractivity contribution in [2.45, 2.75) is 25.8 Å². The fraction of sp³-hybridized carbons (Fsp3) is 0.400. The fourth-order valence-electron chi connectivity index (χ4n) is 1.64. The summed E-state index contributed by atoms with van der Waals surface area (Å²) >= 11 is 0. The summed E-state index contributed by atoms with van der Waals surface area (Å²) in [5.41, 5.74) is 0.603. The van der Waals surface area contributed by atoms with Crippen LogP contribution in [0.4, 0.5) is 0 Å². The predicted octanol–water partition coefficient (Wildman–Crippen LogP) is 1.19. The third kappa shape index (κ3) is 1.43. The van der Waals surface area contributed by atoms with Gasteiger partial charge in [0.25, 0.3) is 5.56 Å². The highest BCUT2D eigenvalue weighted by molar-refractivity contribution is 5.87. The van der Waals surface area contributed by atoms with Gasteiger partial charge >= 0.3 is 5.97 Å². The molecule has 0 aromatic carbocycles. The van der Waals surface area contributed by atoms with Crippen molar-refractivity contribution < 1.29 is 9.90 Å². The molecular weight excluding hydrogens is 182 g/mol. The Kier molecular flexibility index (Phi) is 1.91. The standard InChI is InChI=1S/C10H11NO3/c1-6-4-7(10(13)14)5-9(12)11(6)8-2-3-8/h4-5,8H,2-3H2,1H3,(H,13,14). The van der Waals surface area contributed by atoms with Crippen molar-refractivity contribution in [3.05, 3.63) is 33.7 Å². The molecule has 4 heteroatoms. The summed E-state index contributed by atoms with van der Waals surface area (Å²) in [7, 11) is 0. The third-order valence-corrected chi connectivity index (χ3v) is 2.42. The molecule has 0 aliphatic heterocycles. The van der Waals surface area contributed by atoms with Gasteiger partial charge in [-0.2, -0.15) is 0 Å². The Morgan fingerprint density at radius 2 is 2.14 bits per heavy atom. The van der Waals surface area contributed by atoms with Crippen LogP contribution < -0.4 is 5.56 Å². The number of carboxylic acids is 1. The molecule has 1 heterocycles. The Morgan fingerprint density at radius 1 is 1.50 bits per heavy atom. The lowest BCUT2D eigenvalue weighted by Gasteiger charge is -2.08. The molecule has 0 unspecified atom stereocenters. The van der Waals surface area contributed by atoms with Crippen molar-refractivity contribution in [2.75, 3.05) is 0 Å². The highest BCUT2D eigenvalue weighted by atomic mass is 16.4. The van der Waals surface area contributed by atoms with Crippen LogP contribution in [0.5, 0.6) is 0 Å².